The SMILES string of the molecule is COc1nccc(I)c1CN(C)C(C)C. The number of hydrogen-bond acceptors (Lipinski definition) is 3. The molecule has 84 valence electrons. The van der Waals surface area contributed by atoms with Gasteiger partial charge in [0.15, 0.2) is 0 Å². The second kappa shape index (κ2) is 5.65. The fraction of sp³-hybridized carbons (Fsp3) is 0.545. The summed E-state index contributed by atoms with van der Waals surface area (Å²) in [5.74, 6) is 0.731. The van der Waals surface area contributed by atoms with Gasteiger partial charge >= 0.3 is 0 Å². The Kier molecular flexibility index (Phi) is 4.79. The van der Waals surface area contributed by atoms with Crippen molar-refractivity contribution in [1.82, 2.24) is 9.88 Å². The topological polar surface area (TPSA) is 25.4 Å². The van der Waals surface area contributed by atoms with Crippen molar-refractivity contribution in [2.24, 2.45) is 0 Å². The molecule has 1 heterocycles. The Hall–Kier alpha value is -0.360. The van der Waals surface area contributed by atoms with Crippen molar-refractivity contribution in [2.45, 2.75) is 26.4 Å². The van der Waals surface area contributed by atoms with E-state index in [1.165, 1.54) is 3.57 Å². The summed E-state index contributed by atoms with van der Waals surface area (Å²) in [4.78, 5) is 6.48. The highest BCUT2D eigenvalue weighted by atomic mass is 127. The van der Waals surface area contributed by atoms with Gasteiger partial charge in [-0.25, -0.2) is 4.98 Å². The van der Waals surface area contributed by atoms with Gasteiger partial charge in [-0.3, -0.25) is 4.90 Å². The molecule has 0 amide bonds. The van der Waals surface area contributed by atoms with Crippen LogP contribution in [0.1, 0.15) is 19.4 Å². The fourth-order valence-corrected chi connectivity index (χ4v) is 1.76. The molecule has 0 saturated carbocycles. The molecular weight excluding hydrogens is 303 g/mol. The summed E-state index contributed by atoms with van der Waals surface area (Å²) in [7, 11) is 3.77. The second-order valence-electron chi connectivity index (χ2n) is 3.79. The first kappa shape index (κ1) is 12.7. The number of halogens is 1. The predicted molar refractivity (Wildman–Crippen MR) is 70.1 cm³/mol. The first-order chi connectivity index (χ1) is 7.06. The van der Waals surface area contributed by atoms with E-state index in [-0.39, 0.29) is 0 Å². The predicted octanol–water partition coefficient (Wildman–Crippen LogP) is 2.54. The monoisotopic (exact) mass is 320 g/mol. The largest absolute Gasteiger partial charge is 0.481 e. The maximum absolute atomic E-state index is 5.26. The van der Waals surface area contributed by atoms with Crippen molar-refractivity contribution in [1.29, 1.82) is 0 Å². The number of ether oxygens (including phenoxy) is 1. The van der Waals surface area contributed by atoms with Gasteiger partial charge in [0.05, 0.1) is 7.11 Å². The van der Waals surface area contributed by atoms with E-state index >= 15 is 0 Å². The molecule has 0 N–H and O–H groups in total. The molecular formula is C11H17IN2O. The van der Waals surface area contributed by atoms with E-state index in [0.717, 1.165) is 18.0 Å². The summed E-state index contributed by atoms with van der Waals surface area (Å²) in [5, 5.41) is 0. The first-order valence-corrected chi connectivity index (χ1v) is 6.01. The quantitative estimate of drug-likeness (QED) is 0.797. The summed E-state index contributed by atoms with van der Waals surface area (Å²) in [5.41, 5.74) is 1.16. The molecule has 0 aromatic carbocycles. The molecule has 0 aliphatic heterocycles. The molecule has 0 aliphatic carbocycles. The molecule has 1 rings (SSSR count). The third kappa shape index (κ3) is 3.31. The molecule has 1 aromatic rings. The van der Waals surface area contributed by atoms with E-state index < -0.39 is 0 Å². The third-order valence-electron chi connectivity index (χ3n) is 2.44. The molecule has 0 atom stereocenters. The van der Waals surface area contributed by atoms with Crippen LogP contribution in [0.25, 0.3) is 0 Å². The average Bonchev–Trinajstić information content (AvgIpc) is 2.20. The Morgan fingerprint density at radius 2 is 2.20 bits per heavy atom. The van der Waals surface area contributed by atoms with E-state index in [9.17, 15) is 0 Å². The van der Waals surface area contributed by atoms with E-state index in [2.05, 4.69) is 53.4 Å². The lowest BCUT2D eigenvalue weighted by Gasteiger charge is -2.22. The van der Waals surface area contributed by atoms with Crippen molar-refractivity contribution in [3.05, 3.63) is 21.4 Å². The standard InChI is InChI=1S/C11H17IN2O/c1-8(2)14(3)7-9-10(12)5-6-13-11(9)15-4/h5-6,8H,7H2,1-4H3. The lowest BCUT2D eigenvalue weighted by atomic mass is 10.2. The van der Waals surface area contributed by atoms with Gasteiger partial charge in [0.2, 0.25) is 5.88 Å². The normalized spacial score (nSPS) is 11.1. The third-order valence-corrected chi connectivity index (χ3v) is 3.45. The number of methoxy groups -OCH3 is 1. The Balaban J connectivity index is 2.92. The van der Waals surface area contributed by atoms with Crippen LogP contribution in [0.15, 0.2) is 12.3 Å². The molecule has 1 aromatic heterocycles. The number of nitrogens with zero attached hydrogens (tertiary/aromatic N) is 2. The van der Waals surface area contributed by atoms with Crippen molar-refractivity contribution in [3.63, 3.8) is 0 Å². The van der Waals surface area contributed by atoms with Gasteiger partial charge in [-0.15, -0.1) is 0 Å². The first-order valence-electron chi connectivity index (χ1n) is 4.94. The molecule has 3 nitrogen and oxygen atoms in total. The zero-order valence-electron chi connectivity index (χ0n) is 9.62. The molecule has 0 fully saturated rings. The highest BCUT2D eigenvalue weighted by Crippen LogP contribution is 2.22. The smallest absolute Gasteiger partial charge is 0.218 e. The summed E-state index contributed by atoms with van der Waals surface area (Å²) in [6.45, 7) is 5.22. The van der Waals surface area contributed by atoms with E-state index in [0.29, 0.717) is 6.04 Å². The Labute approximate surface area is 105 Å². The minimum absolute atomic E-state index is 0.519. The molecule has 4 heteroatoms. The lowest BCUT2D eigenvalue weighted by molar-refractivity contribution is 0.259. The average molecular weight is 320 g/mol. The minimum atomic E-state index is 0.519. The van der Waals surface area contributed by atoms with Crippen molar-refractivity contribution < 1.29 is 4.74 Å². The van der Waals surface area contributed by atoms with E-state index in [1.807, 2.05) is 6.07 Å². The molecule has 15 heavy (non-hydrogen) atoms. The van der Waals surface area contributed by atoms with Gasteiger partial charge in [0.1, 0.15) is 0 Å². The van der Waals surface area contributed by atoms with Crippen LogP contribution in [0, 0.1) is 3.57 Å². The summed E-state index contributed by atoms with van der Waals surface area (Å²) in [6, 6.07) is 2.53. The van der Waals surface area contributed by atoms with Gasteiger partial charge in [-0.05, 0) is 49.6 Å². The van der Waals surface area contributed by atoms with Gasteiger partial charge in [0, 0.05) is 27.9 Å². The van der Waals surface area contributed by atoms with Crippen molar-refractivity contribution in [2.75, 3.05) is 14.2 Å². The van der Waals surface area contributed by atoms with Crippen molar-refractivity contribution in [3.8, 4) is 5.88 Å². The molecule has 0 aliphatic rings. The van der Waals surface area contributed by atoms with E-state index in [4.69, 9.17) is 4.74 Å². The van der Waals surface area contributed by atoms with Gasteiger partial charge < -0.3 is 4.74 Å². The Bertz CT molecular complexity index is 328. The van der Waals surface area contributed by atoms with Crippen LogP contribution in [0.3, 0.4) is 0 Å². The highest BCUT2D eigenvalue weighted by molar-refractivity contribution is 14.1. The summed E-state index contributed by atoms with van der Waals surface area (Å²) < 4.78 is 6.47. The van der Waals surface area contributed by atoms with Crippen LogP contribution in [0.5, 0.6) is 5.88 Å². The molecule has 0 radical (unpaired) electrons. The van der Waals surface area contributed by atoms with Crippen LogP contribution in [-0.2, 0) is 6.54 Å². The molecule has 0 unspecified atom stereocenters. The Morgan fingerprint density at radius 3 is 2.73 bits per heavy atom. The number of hydrogen-bond donors (Lipinski definition) is 0. The zero-order valence-corrected chi connectivity index (χ0v) is 11.8. The second-order valence-corrected chi connectivity index (χ2v) is 4.95. The van der Waals surface area contributed by atoms with Crippen LogP contribution < -0.4 is 4.74 Å². The maximum Gasteiger partial charge on any atom is 0.218 e. The van der Waals surface area contributed by atoms with Gasteiger partial charge in [-0.1, -0.05) is 0 Å². The maximum atomic E-state index is 5.26. The van der Waals surface area contributed by atoms with Gasteiger partial charge in [-0.2, -0.15) is 0 Å². The molecule has 0 bridgehead atoms. The minimum Gasteiger partial charge on any atom is -0.481 e. The molecule has 0 saturated heterocycles. The van der Waals surface area contributed by atoms with Crippen LogP contribution in [0.4, 0.5) is 0 Å². The van der Waals surface area contributed by atoms with Gasteiger partial charge in [0.25, 0.3) is 0 Å². The lowest BCUT2D eigenvalue weighted by Crippen LogP contribution is -2.26. The van der Waals surface area contributed by atoms with E-state index in [1.54, 1.807) is 13.3 Å². The van der Waals surface area contributed by atoms with Crippen molar-refractivity contribution >= 4 is 22.6 Å². The number of rotatable bonds is 4. The Morgan fingerprint density at radius 1 is 1.53 bits per heavy atom. The fourth-order valence-electron chi connectivity index (χ4n) is 1.20. The number of pyridine rings is 1. The zero-order chi connectivity index (χ0) is 11.4. The summed E-state index contributed by atoms with van der Waals surface area (Å²) >= 11 is 2.32. The van der Waals surface area contributed by atoms with Crippen LogP contribution in [-0.4, -0.2) is 30.1 Å². The highest BCUT2D eigenvalue weighted by Gasteiger charge is 2.12. The van der Waals surface area contributed by atoms with Crippen LogP contribution in [0.2, 0.25) is 0 Å². The van der Waals surface area contributed by atoms with Crippen LogP contribution >= 0.6 is 22.6 Å². The summed E-state index contributed by atoms with van der Waals surface area (Å²) in [6.07, 6.45) is 1.78. The molecule has 0 spiro atoms. The number of aromatic nitrogens is 1.